The number of aliphatic hydroxyl groups is 1. The molecule has 1 fully saturated rings. The van der Waals surface area contributed by atoms with Crippen molar-refractivity contribution in [2.75, 3.05) is 39.3 Å². The second-order valence-electron chi connectivity index (χ2n) is 3.90. The van der Waals surface area contributed by atoms with Crippen molar-refractivity contribution in [1.82, 2.24) is 19.4 Å². The minimum absolute atomic E-state index is 0.106. The van der Waals surface area contributed by atoms with Crippen LogP contribution < -0.4 is 0 Å². The second-order valence-corrected chi connectivity index (χ2v) is 5.84. The van der Waals surface area contributed by atoms with Crippen LogP contribution in [0.3, 0.4) is 0 Å². The van der Waals surface area contributed by atoms with Gasteiger partial charge in [-0.15, -0.1) is 0 Å². The summed E-state index contributed by atoms with van der Waals surface area (Å²) in [6.45, 7) is 2.91. The third-order valence-corrected chi connectivity index (χ3v) is 4.72. The lowest BCUT2D eigenvalue weighted by molar-refractivity contribution is 0.151. The lowest BCUT2D eigenvalue weighted by atomic mass is 10.4. The molecule has 2 heterocycles. The lowest BCUT2D eigenvalue weighted by Crippen LogP contribution is -2.49. The Kier molecular flexibility index (Phi) is 3.77. The molecule has 0 aromatic carbocycles. The van der Waals surface area contributed by atoms with E-state index in [0.29, 0.717) is 32.7 Å². The molecule has 0 amide bonds. The van der Waals surface area contributed by atoms with Crippen LogP contribution in [-0.2, 0) is 10.0 Å². The van der Waals surface area contributed by atoms with Gasteiger partial charge in [0.1, 0.15) is 4.90 Å². The van der Waals surface area contributed by atoms with Crippen LogP contribution in [0.4, 0.5) is 0 Å². The zero-order valence-corrected chi connectivity index (χ0v) is 10.2. The van der Waals surface area contributed by atoms with Gasteiger partial charge in [0.25, 0.3) is 0 Å². The van der Waals surface area contributed by atoms with Crippen LogP contribution in [0, 0.1) is 0 Å². The van der Waals surface area contributed by atoms with Crippen LogP contribution in [0.1, 0.15) is 0 Å². The molecule has 0 atom stereocenters. The van der Waals surface area contributed by atoms with Crippen LogP contribution in [0.25, 0.3) is 0 Å². The Balaban J connectivity index is 2.01. The van der Waals surface area contributed by atoms with E-state index in [1.165, 1.54) is 16.7 Å². The minimum atomic E-state index is -3.41. The molecule has 96 valence electrons. The van der Waals surface area contributed by atoms with E-state index in [-0.39, 0.29) is 11.5 Å². The Morgan fingerprint density at radius 2 is 2.06 bits per heavy atom. The molecule has 1 saturated heterocycles. The van der Waals surface area contributed by atoms with Gasteiger partial charge in [-0.25, -0.2) is 8.42 Å². The van der Waals surface area contributed by atoms with Gasteiger partial charge in [0, 0.05) is 38.9 Å². The molecule has 7 nitrogen and oxygen atoms in total. The number of piperazine rings is 1. The zero-order chi connectivity index (χ0) is 12.3. The average Bonchev–Trinajstić information content (AvgIpc) is 2.84. The molecule has 8 heteroatoms. The van der Waals surface area contributed by atoms with E-state index in [2.05, 4.69) is 10.2 Å². The number of hydrogen-bond acceptors (Lipinski definition) is 5. The molecule has 1 aliphatic heterocycles. The second kappa shape index (κ2) is 5.13. The third-order valence-electron chi connectivity index (χ3n) is 2.86. The molecule has 0 aliphatic carbocycles. The Morgan fingerprint density at radius 3 is 2.59 bits per heavy atom. The predicted octanol–water partition coefficient (Wildman–Crippen LogP) is -1.29. The molecule has 2 rings (SSSR count). The van der Waals surface area contributed by atoms with Crippen molar-refractivity contribution >= 4 is 10.0 Å². The fourth-order valence-electron chi connectivity index (χ4n) is 1.86. The Labute approximate surface area is 100 Å². The summed E-state index contributed by atoms with van der Waals surface area (Å²) < 4.78 is 25.7. The van der Waals surface area contributed by atoms with Crippen molar-refractivity contribution in [2.24, 2.45) is 0 Å². The van der Waals surface area contributed by atoms with Crippen molar-refractivity contribution in [2.45, 2.75) is 4.90 Å². The molecule has 0 saturated carbocycles. The average molecular weight is 260 g/mol. The highest BCUT2D eigenvalue weighted by Gasteiger charge is 2.28. The number of rotatable bonds is 4. The van der Waals surface area contributed by atoms with Gasteiger partial charge < -0.3 is 5.11 Å². The summed E-state index contributed by atoms with van der Waals surface area (Å²) in [5.41, 5.74) is 0. The van der Waals surface area contributed by atoms with Crippen molar-refractivity contribution in [1.29, 1.82) is 0 Å². The van der Waals surface area contributed by atoms with E-state index >= 15 is 0 Å². The van der Waals surface area contributed by atoms with Gasteiger partial charge in [-0.05, 0) is 0 Å². The van der Waals surface area contributed by atoms with Crippen molar-refractivity contribution < 1.29 is 13.5 Å². The molecule has 1 aliphatic rings. The smallest absolute Gasteiger partial charge is 0.246 e. The summed E-state index contributed by atoms with van der Waals surface area (Å²) in [6, 6.07) is 0. The maximum atomic E-state index is 12.1. The Hall–Kier alpha value is -0.960. The maximum absolute atomic E-state index is 12.1. The number of aromatic amines is 1. The van der Waals surface area contributed by atoms with E-state index in [9.17, 15) is 8.42 Å². The SMILES string of the molecule is O=S(=O)(c1cn[nH]c1)N1CCN(CCO)CC1. The topological polar surface area (TPSA) is 89.5 Å². The first-order valence-electron chi connectivity index (χ1n) is 5.47. The van der Waals surface area contributed by atoms with Gasteiger partial charge in [0.05, 0.1) is 12.8 Å². The van der Waals surface area contributed by atoms with E-state index in [1.54, 1.807) is 0 Å². The largest absolute Gasteiger partial charge is 0.395 e. The fraction of sp³-hybridized carbons (Fsp3) is 0.667. The predicted molar refractivity (Wildman–Crippen MR) is 60.9 cm³/mol. The standard InChI is InChI=1S/C9H16N4O3S/c14-6-5-12-1-3-13(4-2-12)17(15,16)9-7-10-11-8-9/h7-8,14H,1-6H2,(H,10,11). The van der Waals surface area contributed by atoms with E-state index in [1.807, 2.05) is 4.90 Å². The number of nitrogens with one attached hydrogen (secondary N) is 1. The summed E-state index contributed by atoms with van der Waals surface area (Å²) in [5.74, 6) is 0. The van der Waals surface area contributed by atoms with Crippen LogP contribution in [-0.4, -0.2) is 72.3 Å². The van der Waals surface area contributed by atoms with Gasteiger partial charge in [-0.3, -0.25) is 10.00 Å². The fourth-order valence-corrected chi connectivity index (χ4v) is 3.19. The Morgan fingerprint density at radius 1 is 1.35 bits per heavy atom. The molecule has 1 aromatic rings. The first kappa shape index (κ1) is 12.5. The number of nitrogens with zero attached hydrogens (tertiary/aromatic N) is 3. The van der Waals surface area contributed by atoms with E-state index < -0.39 is 10.0 Å². The quantitative estimate of drug-likeness (QED) is 0.703. The van der Waals surface area contributed by atoms with Crippen molar-refractivity contribution in [3.63, 3.8) is 0 Å². The van der Waals surface area contributed by atoms with Gasteiger partial charge in [0.15, 0.2) is 0 Å². The van der Waals surface area contributed by atoms with Gasteiger partial charge in [-0.1, -0.05) is 0 Å². The number of aromatic nitrogens is 2. The van der Waals surface area contributed by atoms with Gasteiger partial charge in [0.2, 0.25) is 10.0 Å². The zero-order valence-electron chi connectivity index (χ0n) is 9.41. The first-order valence-corrected chi connectivity index (χ1v) is 6.91. The summed E-state index contributed by atoms with van der Waals surface area (Å²) in [4.78, 5) is 2.24. The highest BCUT2D eigenvalue weighted by Crippen LogP contribution is 2.15. The summed E-state index contributed by atoms with van der Waals surface area (Å²) >= 11 is 0. The highest BCUT2D eigenvalue weighted by molar-refractivity contribution is 7.89. The summed E-state index contributed by atoms with van der Waals surface area (Å²) in [6.07, 6.45) is 2.70. The molecule has 0 bridgehead atoms. The normalized spacial score (nSPS) is 19.6. The number of H-pyrrole nitrogens is 1. The summed E-state index contributed by atoms with van der Waals surface area (Å²) in [5, 5.41) is 15.0. The van der Waals surface area contributed by atoms with Crippen molar-refractivity contribution in [3.8, 4) is 0 Å². The van der Waals surface area contributed by atoms with Crippen LogP contribution in [0.2, 0.25) is 0 Å². The Bertz CT molecular complexity index is 437. The van der Waals surface area contributed by atoms with Gasteiger partial charge >= 0.3 is 0 Å². The number of sulfonamides is 1. The molecule has 2 N–H and O–H groups in total. The monoisotopic (exact) mass is 260 g/mol. The number of hydrogen-bond donors (Lipinski definition) is 2. The number of aliphatic hydroxyl groups excluding tert-OH is 1. The first-order chi connectivity index (χ1) is 8.14. The molecule has 0 radical (unpaired) electrons. The molecule has 0 spiro atoms. The van der Waals surface area contributed by atoms with Crippen LogP contribution in [0.5, 0.6) is 0 Å². The highest BCUT2D eigenvalue weighted by atomic mass is 32.2. The van der Waals surface area contributed by atoms with E-state index in [4.69, 9.17) is 5.11 Å². The molecule has 17 heavy (non-hydrogen) atoms. The summed E-state index contributed by atoms with van der Waals surface area (Å²) in [7, 11) is -3.41. The van der Waals surface area contributed by atoms with Crippen LogP contribution in [0.15, 0.2) is 17.3 Å². The van der Waals surface area contributed by atoms with Crippen LogP contribution >= 0.6 is 0 Å². The molecule has 0 unspecified atom stereocenters. The molecular formula is C9H16N4O3S. The number of β-amino-alcohol motifs (C(OH)–C–C–N with tert-alkyl or cyclic N) is 1. The third kappa shape index (κ3) is 2.65. The maximum Gasteiger partial charge on any atom is 0.246 e. The molecular weight excluding hydrogens is 244 g/mol. The minimum Gasteiger partial charge on any atom is -0.395 e. The van der Waals surface area contributed by atoms with Crippen molar-refractivity contribution in [3.05, 3.63) is 12.4 Å². The van der Waals surface area contributed by atoms with Gasteiger partial charge in [-0.2, -0.15) is 9.40 Å². The lowest BCUT2D eigenvalue weighted by Gasteiger charge is -2.33. The van der Waals surface area contributed by atoms with E-state index in [0.717, 1.165) is 0 Å². The molecule has 1 aromatic heterocycles.